The first kappa shape index (κ1) is 12.9. The number of anilines is 1. The molecule has 6 heteroatoms. The molecule has 2 aromatic rings. The van der Waals surface area contributed by atoms with Crippen molar-refractivity contribution < 1.29 is 9.90 Å². The van der Waals surface area contributed by atoms with Gasteiger partial charge in [-0.3, -0.25) is 4.79 Å². The second-order valence-electron chi connectivity index (χ2n) is 3.77. The molecule has 0 aliphatic rings. The summed E-state index contributed by atoms with van der Waals surface area (Å²) in [7, 11) is 0. The lowest BCUT2D eigenvalue weighted by molar-refractivity contribution is 0.103. The second kappa shape index (κ2) is 4.96. The lowest BCUT2D eigenvalue weighted by Crippen LogP contribution is -2.11. The van der Waals surface area contributed by atoms with Crippen LogP contribution in [0.3, 0.4) is 0 Å². The molecule has 1 amide bonds. The number of aromatic nitrogens is 1. The van der Waals surface area contributed by atoms with Crippen LogP contribution in [0.4, 0.5) is 5.69 Å². The van der Waals surface area contributed by atoms with Gasteiger partial charge in [-0.25, -0.2) is 4.98 Å². The third-order valence-corrected chi connectivity index (χ3v) is 3.69. The number of rotatable bonds is 2. The predicted molar refractivity (Wildman–Crippen MR) is 72.7 cm³/mol. The maximum atomic E-state index is 12.0. The predicted octanol–water partition coefficient (Wildman–Crippen LogP) is 3.37. The van der Waals surface area contributed by atoms with Crippen LogP contribution in [0.25, 0.3) is 0 Å². The summed E-state index contributed by atoms with van der Waals surface area (Å²) in [6, 6.07) is 4.40. The Bertz CT molecular complexity index is 610. The molecule has 0 radical (unpaired) electrons. The molecule has 2 N–H and O–H groups in total. The highest BCUT2D eigenvalue weighted by atomic mass is 35.5. The number of halogens is 1. The van der Waals surface area contributed by atoms with E-state index in [-0.39, 0.29) is 11.7 Å². The maximum Gasteiger partial charge on any atom is 0.267 e. The van der Waals surface area contributed by atoms with Gasteiger partial charge in [0.25, 0.3) is 5.91 Å². The van der Waals surface area contributed by atoms with Crippen LogP contribution in [0.1, 0.15) is 20.4 Å². The van der Waals surface area contributed by atoms with Crippen LogP contribution in [0.2, 0.25) is 5.02 Å². The molecular formula is C12H11ClN2O2S. The first-order valence-electron chi connectivity index (χ1n) is 5.21. The van der Waals surface area contributed by atoms with Gasteiger partial charge < -0.3 is 10.4 Å². The van der Waals surface area contributed by atoms with Gasteiger partial charge in [0, 0.05) is 6.07 Å². The molecule has 0 atom stereocenters. The van der Waals surface area contributed by atoms with Crippen molar-refractivity contribution in [2.24, 2.45) is 0 Å². The smallest absolute Gasteiger partial charge is 0.267 e. The summed E-state index contributed by atoms with van der Waals surface area (Å²) in [5.74, 6) is -0.187. The summed E-state index contributed by atoms with van der Waals surface area (Å²) < 4.78 is 0. The monoisotopic (exact) mass is 282 g/mol. The van der Waals surface area contributed by atoms with Crippen molar-refractivity contribution in [3.63, 3.8) is 0 Å². The van der Waals surface area contributed by atoms with Crippen LogP contribution in [0.5, 0.6) is 5.75 Å². The van der Waals surface area contributed by atoms with Crippen molar-refractivity contribution in [1.29, 1.82) is 0 Å². The Balaban J connectivity index is 2.24. The van der Waals surface area contributed by atoms with Gasteiger partial charge in [-0.05, 0) is 26.0 Å². The number of nitrogens with zero attached hydrogens (tertiary/aromatic N) is 1. The van der Waals surface area contributed by atoms with Gasteiger partial charge in [0.1, 0.15) is 10.6 Å². The SMILES string of the molecule is Cc1nc(C)c(C(=O)Nc2ccc(O)cc2Cl)s1. The Kier molecular flexibility index (Phi) is 3.54. The number of benzene rings is 1. The van der Waals surface area contributed by atoms with Gasteiger partial charge in [-0.2, -0.15) is 0 Å². The number of amides is 1. The van der Waals surface area contributed by atoms with Gasteiger partial charge in [0.05, 0.1) is 21.4 Å². The highest BCUT2D eigenvalue weighted by molar-refractivity contribution is 7.13. The fourth-order valence-corrected chi connectivity index (χ4v) is 2.56. The Morgan fingerprint density at radius 2 is 2.17 bits per heavy atom. The van der Waals surface area contributed by atoms with Crippen molar-refractivity contribution in [3.05, 3.63) is 38.8 Å². The number of carbonyl (C=O) groups is 1. The zero-order valence-electron chi connectivity index (χ0n) is 9.82. The zero-order valence-corrected chi connectivity index (χ0v) is 11.4. The van der Waals surface area contributed by atoms with E-state index in [1.54, 1.807) is 13.0 Å². The summed E-state index contributed by atoms with van der Waals surface area (Å²) in [5.41, 5.74) is 1.16. The van der Waals surface area contributed by atoms with E-state index < -0.39 is 0 Å². The van der Waals surface area contributed by atoms with Crippen LogP contribution < -0.4 is 5.32 Å². The van der Waals surface area contributed by atoms with Crippen LogP contribution >= 0.6 is 22.9 Å². The average Bonchev–Trinajstić information content (AvgIpc) is 2.62. The summed E-state index contributed by atoms with van der Waals surface area (Å²) in [6.07, 6.45) is 0. The van der Waals surface area contributed by atoms with Gasteiger partial charge in [0.2, 0.25) is 0 Å². The number of phenolic OH excluding ortho intramolecular Hbond substituents is 1. The lowest BCUT2D eigenvalue weighted by atomic mass is 10.3. The molecule has 0 fully saturated rings. The topological polar surface area (TPSA) is 62.2 Å². The van der Waals surface area contributed by atoms with E-state index >= 15 is 0 Å². The van der Waals surface area contributed by atoms with Gasteiger partial charge in [0.15, 0.2) is 0 Å². The number of aryl methyl sites for hydroxylation is 2. The molecule has 0 aliphatic heterocycles. The number of nitrogens with one attached hydrogen (secondary N) is 1. The molecule has 1 heterocycles. The quantitative estimate of drug-likeness (QED) is 0.830. The van der Waals surface area contributed by atoms with Crippen LogP contribution in [0, 0.1) is 13.8 Å². The standard InChI is InChI=1S/C12H11ClN2O2S/c1-6-11(18-7(2)14-6)12(17)15-10-4-3-8(16)5-9(10)13/h3-5,16H,1-2H3,(H,15,17). The van der Waals surface area contributed by atoms with Crippen molar-refractivity contribution in [2.75, 3.05) is 5.32 Å². The molecule has 0 unspecified atom stereocenters. The van der Waals surface area contributed by atoms with E-state index in [1.807, 2.05) is 6.92 Å². The molecule has 4 nitrogen and oxygen atoms in total. The van der Waals surface area contributed by atoms with Crippen molar-refractivity contribution in [2.45, 2.75) is 13.8 Å². The van der Waals surface area contributed by atoms with Gasteiger partial charge >= 0.3 is 0 Å². The fraction of sp³-hybridized carbons (Fsp3) is 0.167. The van der Waals surface area contributed by atoms with Gasteiger partial charge in [-0.1, -0.05) is 11.6 Å². The first-order valence-corrected chi connectivity index (χ1v) is 6.40. The van der Waals surface area contributed by atoms with E-state index in [2.05, 4.69) is 10.3 Å². The molecule has 0 saturated carbocycles. The normalized spacial score (nSPS) is 10.4. The number of carbonyl (C=O) groups excluding carboxylic acids is 1. The molecular weight excluding hydrogens is 272 g/mol. The van der Waals surface area contributed by atoms with E-state index in [9.17, 15) is 9.90 Å². The highest BCUT2D eigenvalue weighted by Gasteiger charge is 2.15. The van der Waals surface area contributed by atoms with E-state index in [0.29, 0.717) is 21.3 Å². The molecule has 2 rings (SSSR count). The summed E-state index contributed by atoms with van der Waals surface area (Å²) in [5, 5.41) is 13.1. The number of hydrogen-bond donors (Lipinski definition) is 2. The molecule has 94 valence electrons. The molecule has 1 aromatic carbocycles. The molecule has 0 spiro atoms. The fourth-order valence-electron chi connectivity index (χ4n) is 1.53. The number of aromatic hydroxyl groups is 1. The number of hydrogen-bond acceptors (Lipinski definition) is 4. The number of phenols is 1. The van der Waals surface area contributed by atoms with Crippen molar-refractivity contribution in [1.82, 2.24) is 4.98 Å². The van der Waals surface area contributed by atoms with Gasteiger partial charge in [-0.15, -0.1) is 11.3 Å². The largest absolute Gasteiger partial charge is 0.508 e. The summed E-state index contributed by atoms with van der Waals surface area (Å²) in [6.45, 7) is 3.64. The minimum absolute atomic E-state index is 0.0582. The maximum absolute atomic E-state index is 12.0. The van der Waals surface area contributed by atoms with E-state index in [1.165, 1.54) is 23.5 Å². The average molecular weight is 283 g/mol. The first-order chi connectivity index (χ1) is 8.47. The zero-order chi connectivity index (χ0) is 13.3. The van der Waals surface area contributed by atoms with Crippen LogP contribution in [-0.2, 0) is 0 Å². The molecule has 1 aromatic heterocycles. The Hall–Kier alpha value is -1.59. The lowest BCUT2D eigenvalue weighted by Gasteiger charge is -2.06. The third kappa shape index (κ3) is 2.63. The second-order valence-corrected chi connectivity index (χ2v) is 5.38. The Morgan fingerprint density at radius 1 is 1.44 bits per heavy atom. The van der Waals surface area contributed by atoms with E-state index in [4.69, 9.17) is 11.6 Å². The Labute approximate surface area is 113 Å². The van der Waals surface area contributed by atoms with E-state index in [0.717, 1.165) is 5.01 Å². The third-order valence-electron chi connectivity index (χ3n) is 2.31. The van der Waals surface area contributed by atoms with Crippen molar-refractivity contribution in [3.8, 4) is 5.75 Å². The Morgan fingerprint density at radius 3 is 2.72 bits per heavy atom. The van der Waals surface area contributed by atoms with Crippen LogP contribution in [-0.4, -0.2) is 16.0 Å². The summed E-state index contributed by atoms with van der Waals surface area (Å²) in [4.78, 5) is 16.8. The minimum Gasteiger partial charge on any atom is -0.508 e. The highest BCUT2D eigenvalue weighted by Crippen LogP contribution is 2.27. The van der Waals surface area contributed by atoms with Crippen molar-refractivity contribution >= 4 is 34.5 Å². The molecule has 0 aliphatic carbocycles. The van der Waals surface area contributed by atoms with Crippen LogP contribution in [0.15, 0.2) is 18.2 Å². The molecule has 18 heavy (non-hydrogen) atoms. The number of thiazole rings is 1. The minimum atomic E-state index is -0.245. The molecule has 0 saturated heterocycles. The molecule has 0 bridgehead atoms. The summed E-state index contributed by atoms with van der Waals surface area (Å²) >= 11 is 7.25.